The number of anilines is 1. The Kier molecular flexibility index (Phi) is 9.50. The number of fused-ring (bicyclic) bond motifs is 1. The maximum Gasteiger partial charge on any atom is 0.573 e. The van der Waals surface area contributed by atoms with Crippen molar-refractivity contribution in [2.75, 3.05) is 31.1 Å². The molecule has 2 unspecified atom stereocenters. The van der Waals surface area contributed by atoms with Crippen LogP contribution in [0.4, 0.5) is 18.9 Å². The monoisotopic (exact) mass is 616 g/mol. The van der Waals surface area contributed by atoms with Crippen LogP contribution in [0.1, 0.15) is 60.4 Å². The lowest BCUT2D eigenvalue weighted by Gasteiger charge is -2.30. The first-order valence-corrected chi connectivity index (χ1v) is 15.7. The summed E-state index contributed by atoms with van der Waals surface area (Å²) in [5.41, 5.74) is 5.34. The molecule has 0 N–H and O–H groups in total. The van der Waals surface area contributed by atoms with Crippen LogP contribution in [0.15, 0.2) is 97.1 Å². The van der Waals surface area contributed by atoms with Crippen molar-refractivity contribution in [3.63, 3.8) is 0 Å². The SMILES string of the molecule is CC1c2cc(OCc3ccccc3)ccc2N(Cc2ccc(OCCN3CCCCC3)cc2)C1c1ccc(OC(F)(F)F)cc1. The summed E-state index contributed by atoms with van der Waals surface area (Å²) in [5, 5.41) is 0. The zero-order valence-corrected chi connectivity index (χ0v) is 25.5. The molecular formula is C37H39F3N2O3. The first kappa shape index (κ1) is 30.8. The lowest BCUT2D eigenvalue weighted by Crippen LogP contribution is -2.33. The van der Waals surface area contributed by atoms with E-state index in [9.17, 15) is 13.2 Å². The standard InChI is InChI=1S/C37H39F3N2O3/c1-27-34-24-33(44-26-29-8-4-2-5-9-29)18-19-35(34)42(36(27)30-12-16-32(17-13-30)45-37(38,39)40)25-28-10-14-31(15-11-28)43-23-22-41-20-6-3-7-21-41/h2,4-5,8-19,24,27,36H,3,6-7,20-23,25-26H2,1H3. The van der Waals surface area contributed by atoms with Crippen molar-refractivity contribution in [2.24, 2.45) is 0 Å². The largest absolute Gasteiger partial charge is 0.573 e. The first-order chi connectivity index (χ1) is 21.8. The quantitative estimate of drug-likeness (QED) is 0.168. The molecule has 8 heteroatoms. The van der Waals surface area contributed by atoms with E-state index >= 15 is 0 Å². The summed E-state index contributed by atoms with van der Waals surface area (Å²) in [6, 6.07) is 30.6. The summed E-state index contributed by atoms with van der Waals surface area (Å²) >= 11 is 0. The minimum Gasteiger partial charge on any atom is -0.492 e. The van der Waals surface area contributed by atoms with Crippen LogP contribution in [-0.2, 0) is 13.2 Å². The molecule has 2 heterocycles. The van der Waals surface area contributed by atoms with Crippen molar-refractivity contribution in [1.29, 1.82) is 0 Å². The molecule has 0 amide bonds. The minimum absolute atomic E-state index is 0.0621. The maximum absolute atomic E-state index is 12.8. The van der Waals surface area contributed by atoms with Gasteiger partial charge >= 0.3 is 6.36 Å². The van der Waals surface area contributed by atoms with Crippen molar-refractivity contribution in [3.05, 3.63) is 119 Å². The molecule has 0 saturated carbocycles. The van der Waals surface area contributed by atoms with Gasteiger partial charge in [-0.2, -0.15) is 0 Å². The minimum atomic E-state index is -4.73. The van der Waals surface area contributed by atoms with Crippen LogP contribution >= 0.6 is 0 Å². The molecule has 45 heavy (non-hydrogen) atoms. The van der Waals surface area contributed by atoms with Gasteiger partial charge in [0.15, 0.2) is 0 Å². The summed E-state index contributed by atoms with van der Waals surface area (Å²) < 4.78 is 54.8. The van der Waals surface area contributed by atoms with E-state index in [1.54, 1.807) is 12.1 Å². The van der Waals surface area contributed by atoms with Gasteiger partial charge in [-0.05, 0) is 90.6 Å². The number of ether oxygens (including phenoxy) is 3. The summed E-state index contributed by atoms with van der Waals surface area (Å²) in [6.07, 6.45) is -0.881. The predicted molar refractivity (Wildman–Crippen MR) is 170 cm³/mol. The van der Waals surface area contributed by atoms with Gasteiger partial charge in [-0.15, -0.1) is 13.2 Å². The third-order valence-corrected chi connectivity index (χ3v) is 8.71. The Labute approximate surface area is 263 Å². The van der Waals surface area contributed by atoms with Gasteiger partial charge in [-0.3, -0.25) is 4.90 Å². The lowest BCUT2D eigenvalue weighted by molar-refractivity contribution is -0.274. The molecule has 236 valence electrons. The van der Waals surface area contributed by atoms with Crippen LogP contribution in [0, 0.1) is 0 Å². The fourth-order valence-corrected chi connectivity index (χ4v) is 6.46. The van der Waals surface area contributed by atoms with E-state index in [2.05, 4.69) is 45.7 Å². The molecule has 2 atom stereocenters. The number of halogens is 3. The van der Waals surface area contributed by atoms with Crippen LogP contribution < -0.4 is 19.1 Å². The Bertz CT molecular complexity index is 1520. The number of alkyl halides is 3. The number of nitrogens with zero attached hydrogens (tertiary/aromatic N) is 2. The van der Waals surface area contributed by atoms with Crippen LogP contribution in [0.3, 0.4) is 0 Å². The van der Waals surface area contributed by atoms with E-state index in [1.807, 2.05) is 48.5 Å². The van der Waals surface area contributed by atoms with Crippen LogP contribution in [0.5, 0.6) is 17.2 Å². The molecule has 6 rings (SSSR count). The number of piperidine rings is 1. The Morgan fingerprint density at radius 2 is 1.42 bits per heavy atom. The molecule has 5 nitrogen and oxygen atoms in total. The third-order valence-electron chi connectivity index (χ3n) is 8.71. The summed E-state index contributed by atoms with van der Waals surface area (Å²) in [4.78, 5) is 4.79. The molecule has 1 saturated heterocycles. The van der Waals surface area contributed by atoms with Crippen LogP contribution in [-0.4, -0.2) is 37.5 Å². The van der Waals surface area contributed by atoms with E-state index in [-0.39, 0.29) is 17.7 Å². The highest BCUT2D eigenvalue weighted by Gasteiger charge is 2.37. The molecular weight excluding hydrogens is 577 g/mol. The van der Waals surface area contributed by atoms with E-state index in [1.165, 1.54) is 31.4 Å². The second-order valence-corrected chi connectivity index (χ2v) is 11.9. The van der Waals surface area contributed by atoms with E-state index in [4.69, 9.17) is 9.47 Å². The number of hydrogen-bond acceptors (Lipinski definition) is 5. The molecule has 4 aromatic rings. The lowest BCUT2D eigenvalue weighted by atomic mass is 9.91. The number of benzene rings is 4. The van der Waals surface area contributed by atoms with Gasteiger partial charge in [0.05, 0.1) is 6.04 Å². The zero-order chi connectivity index (χ0) is 31.2. The van der Waals surface area contributed by atoms with E-state index in [0.29, 0.717) is 19.8 Å². The molecule has 4 aromatic carbocycles. The van der Waals surface area contributed by atoms with Gasteiger partial charge in [0.2, 0.25) is 0 Å². The second kappa shape index (κ2) is 13.9. The highest BCUT2D eigenvalue weighted by atomic mass is 19.4. The fraction of sp³-hybridized carbons (Fsp3) is 0.351. The number of rotatable bonds is 11. The molecule has 2 aliphatic rings. The zero-order valence-electron chi connectivity index (χ0n) is 25.5. The van der Waals surface area contributed by atoms with Crippen molar-refractivity contribution in [3.8, 4) is 17.2 Å². The number of hydrogen-bond donors (Lipinski definition) is 0. The van der Waals surface area contributed by atoms with Crippen molar-refractivity contribution >= 4 is 5.69 Å². The molecule has 0 spiro atoms. The highest BCUT2D eigenvalue weighted by Crippen LogP contribution is 2.50. The predicted octanol–water partition coefficient (Wildman–Crippen LogP) is 8.89. The Balaban J connectivity index is 1.20. The molecule has 0 radical (unpaired) electrons. The summed E-state index contributed by atoms with van der Waals surface area (Å²) in [6.45, 7) is 7.16. The number of likely N-dealkylation sites (tertiary alicyclic amines) is 1. The van der Waals surface area contributed by atoms with Gasteiger partial charge in [0.25, 0.3) is 0 Å². The Morgan fingerprint density at radius 1 is 0.733 bits per heavy atom. The summed E-state index contributed by atoms with van der Waals surface area (Å²) in [5.74, 6) is 1.47. The van der Waals surface area contributed by atoms with Gasteiger partial charge in [0, 0.05) is 24.7 Å². The molecule has 2 aliphatic heterocycles. The van der Waals surface area contributed by atoms with E-state index in [0.717, 1.165) is 59.1 Å². The highest BCUT2D eigenvalue weighted by molar-refractivity contribution is 5.65. The Morgan fingerprint density at radius 3 is 2.13 bits per heavy atom. The average Bonchev–Trinajstić information content (AvgIpc) is 3.31. The molecule has 1 fully saturated rings. The van der Waals surface area contributed by atoms with Gasteiger partial charge in [-0.1, -0.05) is 67.9 Å². The molecule has 0 aliphatic carbocycles. The van der Waals surface area contributed by atoms with Crippen LogP contribution in [0.25, 0.3) is 0 Å². The summed E-state index contributed by atoms with van der Waals surface area (Å²) in [7, 11) is 0. The molecule has 0 aromatic heterocycles. The van der Waals surface area contributed by atoms with Gasteiger partial charge in [0.1, 0.15) is 30.5 Å². The van der Waals surface area contributed by atoms with E-state index < -0.39 is 6.36 Å². The second-order valence-electron chi connectivity index (χ2n) is 11.9. The normalized spacial score (nSPS) is 18.4. The molecule has 0 bridgehead atoms. The smallest absolute Gasteiger partial charge is 0.492 e. The third kappa shape index (κ3) is 7.92. The average molecular weight is 617 g/mol. The van der Waals surface area contributed by atoms with Crippen molar-refractivity contribution < 1.29 is 27.4 Å². The van der Waals surface area contributed by atoms with Gasteiger partial charge in [-0.25, -0.2) is 0 Å². The Hall–Kier alpha value is -4.17. The fourth-order valence-electron chi connectivity index (χ4n) is 6.46. The first-order valence-electron chi connectivity index (χ1n) is 15.7. The maximum atomic E-state index is 12.8. The van der Waals surface area contributed by atoms with Crippen LogP contribution in [0.2, 0.25) is 0 Å². The topological polar surface area (TPSA) is 34.2 Å². The van der Waals surface area contributed by atoms with Gasteiger partial charge < -0.3 is 19.1 Å². The van der Waals surface area contributed by atoms with Crippen molar-refractivity contribution in [1.82, 2.24) is 4.90 Å². The van der Waals surface area contributed by atoms with Crippen molar-refractivity contribution in [2.45, 2.75) is 57.7 Å².